The average Bonchev–Trinajstić information content (AvgIpc) is 2.25. The Hall–Kier alpha value is -1.70. The second-order valence-electron chi connectivity index (χ2n) is 3.56. The molecule has 8 heteroatoms. The van der Waals surface area contributed by atoms with Gasteiger partial charge in [-0.15, -0.1) is 0 Å². The van der Waals surface area contributed by atoms with E-state index in [1.54, 1.807) is 0 Å². The van der Waals surface area contributed by atoms with Crippen molar-refractivity contribution in [3.8, 4) is 0 Å². The Morgan fingerprint density at radius 1 is 1.50 bits per heavy atom. The Labute approximate surface area is 101 Å². The fourth-order valence-corrected chi connectivity index (χ4v) is 1.06. The number of hydrogen-bond donors (Lipinski definition) is 1. The maximum absolute atomic E-state index is 13.3. The summed E-state index contributed by atoms with van der Waals surface area (Å²) < 4.78 is 50.1. The smallest absolute Gasteiger partial charge is 0.281 e. The van der Waals surface area contributed by atoms with Crippen LogP contribution in [0.4, 0.5) is 17.6 Å². The molecule has 0 fully saturated rings. The summed E-state index contributed by atoms with van der Waals surface area (Å²) in [4.78, 5) is 14.2. The van der Waals surface area contributed by atoms with Crippen molar-refractivity contribution in [3.05, 3.63) is 29.3 Å². The highest BCUT2D eigenvalue weighted by atomic mass is 19.4. The van der Waals surface area contributed by atoms with Gasteiger partial charge in [0, 0.05) is 20.2 Å². The van der Waals surface area contributed by atoms with Crippen LogP contribution in [0.3, 0.4) is 0 Å². The van der Waals surface area contributed by atoms with Gasteiger partial charge in [0.25, 0.3) is 0 Å². The van der Waals surface area contributed by atoms with Crippen LogP contribution in [0.1, 0.15) is 18.2 Å². The highest BCUT2D eigenvalue weighted by Gasteiger charge is 2.31. The van der Waals surface area contributed by atoms with Crippen LogP contribution in [0.15, 0.2) is 12.3 Å². The molecular formula is C10H11F4N3O. The molecule has 0 aromatic carbocycles. The lowest BCUT2D eigenvalue weighted by molar-refractivity contribution is -0.138. The molecule has 0 saturated heterocycles. The molecular weight excluding hydrogens is 254 g/mol. The summed E-state index contributed by atoms with van der Waals surface area (Å²) in [6.45, 7) is 1.10. The number of alkyl halides is 3. The Kier molecular flexibility index (Phi) is 4.23. The number of halogens is 4. The zero-order valence-electron chi connectivity index (χ0n) is 9.68. The lowest BCUT2D eigenvalue weighted by Crippen LogP contribution is -2.37. The standard InChI is InChI=1S/C10H11F4N3O/c1-6(18)17(2)16-5-9-8(11)3-7(4-15-9)10(12,13)14/h3-4,16H,5H2,1-2H3. The van der Waals surface area contributed by atoms with Crippen LogP contribution in [0.5, 0.6) is 0 Å². The van der Waals surface area contributed by atoms with E-state index < -0.39 is 17.6 Å². The van der Waals surface area contributed by atoms with E-state index >= 15 is 0 Å². The molecule has 0 bridgehead atoms. The first kappa shape index (κ1) is 14.4. The number of carbonyl (C=O) groups excluding carboxylic acids is 1. The van der Waals surface area contributed by atoms with E-state index in [1.165, 1.54) is 14.0 Å². The molecule has 0 spiro atoms. The molecule has 0 aliphatic rings. The highest BCUT2D eigenvalue weighted by molar-refractivity contribution is 5.72. The summed E-state index contributed by atoms with van der Waals surface area (Å²) >= 11 is 0. The fraction of sp³-hybridized carbons (Fsp3) is 0.400. The molecule has 4 nitrogen and oxygen atoms in total. The van der Waals surface area contributed by atoms with Gasteiger partial charge < -0.3 is 0 Å². The van der Waals surface area contributed by atoms with Gasteiger partial charge in [0.1, 0.15) is 5.82 Å². The van der Waals surface area contributed by atoms with E-state index in [4.69, 9.17) is 0 Å². The van der Waals surface area contributed by atoms with E-state index in [-0.39, 0.29) is 18.1 Å². The van der Waals surface area contributed by atoms with E-state index in [0.717, 1.165) is 5.01 Å². The number of hydrogen-bond acceptors (Lipinski definition) is 3. The Morgan fingerprint density at radius 3 is 2.56 bits per heavy atom. The maximum Gasteiger partial charge on any atom is 0.417 e. The number of carbonyl (C=O) groups is 1. The van der Waals surface area contributed by atoms with E-state index in [1.807, 2.05) is 0 Å². The number of nitrogens with zero attached hydrogens (tertiary/aromatic N) is 2. The molecule has 0 saturated carbocycles. The molecule has 1 aromatic rings. The number of aromatic nitrogens is 1. The molecule has 100 valence electrons. The first-order valence-electron chi connectivity index (χ1n) is 4.91. The number of nitrogens with one attached hydrogen (secondary N) is 1. The molecule has 1 rings (SSSR count). The predicted octanol–water partition coefficient (Wildman–Crippen LogP) is 1.72. The van der Waals surface area contributed by atoms with Gasteiger partial charge in [0.15, 0.2) is 0 Å². The zero-order valence-corrected chi connectivity index (χ0v) is 9.68. The molecule has 0 radical (unpaired) electrons. The van der Waals surface area contributed by atoms with Crippen molar-refractivity contribution in [1.82, 2.24) is 15.4 Å². The number of pyridine rings is 1. The van der Waals surface area contributed by atoms with Gasteiger partial charge in [-0.1, -0.05) is 0 Å². The van der Waals surface area contributed by atoms with Crippen molar-refractivity contribution in [2.24, 2.45) is 0 Å². The molecule has 0 aliphatic carbocycles. The average molecular weight is 265 g/mol. The third-order valence-corrected chi connectivity index (χ3v) is 2.20. The molecule has 1 amide bonds. The van der Waals surface area contributed by atoms with Gasteiger partial charge in [0.2, 0.25) is 5.91 Å². The third kappa shape index (κ3) is 3.66. The molecule has 1 aromatic heterocycles. The second kappa shape index (κ2) is 5.30. The Morgan fingerprint density at radius 2 is 2.11 bits per heavy atom. The number of hydrazine groups is 1. The summed E-state index contributed by atoms with van der Waals surface area (Å²) in [6.07, 6.45) is -4.08. The molecule has 0 unspecified atom stereocenters. The normalized spacial score (nSPS) is 11.4. The summed E-state index contributed by atoms with van der Waals surface area (Å²) in [5.41, 5.74) is 1.15. The predicted molar refractivity (Wildman–Crippen MR) is 54.5 cm³/mol. The lowest BCUT2D eigenvalue weighted by atomic mass is 10.2. The fourth-order valence-electron chi connectivity index (χ4n) is 1.06. The van der Waals surface area contributed by atoms with E-state index in [2.05, 4.69) is 10.4 Å². The summed E-state index contributed by atoms with van der Waals surface area (Å²) in [5.74, 6) is -1.39. The van der Waals surface area contributed by atoms with Gasteiger partial charge in [0.05, 0.1) is 17.8 Å². The highest BCUT2D eigenvalue weighted by Crippen LogP contribution is 2.29. The van der Waals surface area contributed by atoms with Crippen molar-refractivity contribution in [2.45, 2.75) is 19.6 Å². The van der Waals surface area contributed by atoms with Crippen LogP contribution in [-0.2, 0) is 17.5 Å². The van der Waals surface area contributed by atoms with Crippen LogP contribution in [0.25, 0.3) is 0 Å². The van der Waals surface area contributed by atoms with Crippen LogP contribution in [0.2, 0.25) is 0 Å². The minimum atomic E-state index is -4.63. The molecule has 0 atom stereocenters. The zero-order chi connectivity index (χ0) is 13.9. The van der Waals surface area contributed by atoms with Crippen LogP contribution in [0, 0.1) is 5.82 Å². The molecule has 0 aliphatic heterocycles. The summed E-state index contributed by atoms with van der Waals surface area (Å²) in [6, 6.07) is 0.373. The third-order valence-electron chi connectivity index (χ3n) is 2.20. The summed E-state index contributed by atoms with van der Waals surface area (Å²) in [7, 11) is 1.41. The van der Waals surface area contributed by atoms with Crippen LogP contribution < -0.4 is 5.43 Å². The van der Waals surface area contributed by atoms with Crippen molar-refractivity contribution in [3.63, 3.8) is 0 Å². The number of rotatable bonds is 3. The van der Waals surface area contributed by atoms with Crippen molar-refractivity contribution >= 4 is 5.91 Å². The van der Waals surface area contributed by atoms with Gasteiger partial charge in [-0.3, -0.25) is 14.8 Å². The number of amides is 1. The van der Waals surface area contributed by atoms with Gasteiger partial charge in [-0.05, 0) is 6.07 Å². The van der Waals surface area contributed by atoms with Crippen LogP contribution in [-0.4, -0.2) is 22.9 Å². The van der Waals surface area contributed by atoms with E-state index in [9.17, 15) is 22.4 Å². The summed E-state index contributed by atoms with van der Waals surface area (Å²) in [5, 5.41) is 1.08. The SMILES string of the molecule is CC(=O)N(C)NCc1ncc(C(F)(F)F)cc1F. The quantitative estimate of drug-likeness (QED) is 0.668. The van der Waals surface area contributed by atoms with Crippen LogP contribution >= 0.6 is 0 Å². The first-order valence-corrected chi connectivity index (χ1v) is 4.91. The Bertz CT molecular complexity index is 447. The van der Waals surface area contributed by atoms with Gasteiger partial charge in [-0.25, -0.2) is 9.82 Å². The maximum atomic E-state index is 13.3. The molecule has 1 N–H and O–H groups in total. The van der Waals surface area contributed by atoms with Crippen molar-refractivity contribution in [1.29, 1.82) is 0 Å². The topological polar surface area (TPSA) is 45.2 Å². The van der Waals surface area contributed by atoms with Crippen molar-refractivity contribution < 1.29 is 22.4 Å². The molecule has 18 heavy (non-hydrogen) atoms. The minimum absolute atomic E-state index is 0.181. The minimum Gasteiger partial charge on any atom is -0.281 e. The van der Waals surface area contributed by atoms with Crippen molar-refractivity contribution in [2.75, 3.05) is 7.05 Å². The monoisotopic (exact) mass is 265 g/mol. The van der Waals surface area contributed by atoms with Gasteiger partial charge in [-0.2, -0.15) is 13.2 Å². The first-order chi connectivity index (χ1) is 8.21. The van der Waals surface area contributed by atoms with E-state index in [0.29, 0.717) is 12.3 Å². The largest absolute Gasteiger partial charge is 0.417 e. The lowest BCUT2D eigenvalue weighted by Gasteiger charge is -2.16. The molecule has 1 heterocycles. The van der Waals surface area contributed by atoms with Gasteiger partial charge >= 0.3 is 6.18 Å². The second-order valence-corrected chi connectivity index (χ2v) is 3.56. The Balaban J connectivity index is 2.78.